The Hall–Kier alpha value is -2.66. The number of aromatic nitrogens is 1. The largest absolute Gasteiger partial charge is 0.351 e. The average molecular weight is 377 g/mol. The van der Waals surface area contributed by atoms with Gasteiger partial charge in [0.05, 0.1) is 5.69 Å². The van der Waals surface area contributed by atoms with Crippen LogP contribution in [0.1, 0.15) is 53.9 Å². The van der Waals surface area contributed by atoms with Crippen molar-refractivity contribution in [1.82, 2.24) is 15.4 Å². The topological polar surface area (TPSA) is 58.4 Å². The van der Waals surface area contributed by atoms with Gasteiger partial charge < -0.3 is 9.84 Å². The van der Waals surface area contributed by atoms with E-state index in [1.54, 1.807) is 0 Å². The fourth-order valence-corrected chi connectivity index (χ4v) is 4.03. The molecule has 1 aromatic heterocycles. The number of amides is 1. The second kappa shape index (κ2) is 8.57. The van der Waals surface area contributed by atoms with Crippen LogP contribution in [0.25, 0.3) is 10.8 Å². The molecule has 0 saturated carbocycles. The Morgan fingerprint density at radius 1 is 1.25 bits per heavy atom. The molecule has 2 aromatic carbocycles. The number of benzene rings is 2. The SMILES string of the molecule is CCCNC(=O)c1cc([C@H]2CCCN(Cc3cccc4ccccc34)C2)no1. The number of carbonyl (C=O) groups excluding carboxylic acids is 1. The maximum absolute atomic E-state index is 12.1. The summed E-state index contributed by atoms with van der Waals surface area (Å²) in [5, 5.41) is 9.65. The first kappa shape index (κ1) is 18.7. The Labute approximate surface area is 165 Å². The number of hydrogen-bond donors (Lipinski definition) is 1. The maximum Gasteiger partial charge on any atom is 0.289 e. The zero-order chi connectivity index (χ0) is 19.3. The van der Waals surface area contributed by atoms with Gasteiger partial charge in [0, 0.05) is 31.6 Å². The van der Waals surface area contributed by atoms with Gasteiger partial charge in [0.15, 0.2) is 0 Å². The summed E-state index contributed by atoms with van der Waals surface area (Å²) in [6.45, 7) is 5.63. The Bertz CT molecular complexity index is 944. The van der Waals surface area contributed by atoms with Gasteiger partial charge in [-0.25, -0.2) is 0 Å². The van der Waals surface area contributed by atoms with E-state index in [0.717, 1.165) is 44.6 Å². The van der Waals surface area contributed by atoms with Gasteiger partial charge in [0.2, 0.25) is 5.76 Å². The van der Waals surface area contributed by atoms with Crippen LogP contribution < -0.4 is 5.32 Å². The van der Waals surface area contributed by atoms with E-state index in [2.05, 4.69) is 57.8 Å². The summed E-state index contributed by atoms with van der Waals surface area (Å²) in [6, 6.07) is 16.9. The van der Waals surface area contributed by atoms with Crippen LogP contribution in [0.4, 0.5) is 0 Å². The third kappa shape index (κ3) is 4.09. The molecule has 0 radical (unpaired) electrons. The molecule has 2 heterocycles. The zero-order valence-electron chi connectivity index (χ0n) is 16.4. The predicted octanol–water partition coefficient (Wildman–Crippen LogP) is 4.35. The lowest BCUT2D eigenvalue weighted by Gasteiger charge is -2.32. The van der Waals surface area contributed by atoms with Crippen LogP contribution in [0.15, 0.2) is 53.1 Å². The van der Waals surface area contributed by atoms with E-state index in [1.165, 1.54) is 16.3 Å². The van der Waals surface area contributed by atoms with Crippen molar-refractivity contribution in [2.75, 3.05) is 19.6 Å². The Morgan fingerprint density at radius 2 is 2.11 bits per heavy atom. The molecule has 1 amide bonds. The molecule has 1 aliphatic heterocycles. The second-order valence-electron chi connectivity index (χ2n) is 7.58. The smallest absolute Gasteiger partial charge is 0.289 e. The normalized spacial score (nSPS) is 17.7. The van der Waals surface area contributed by atoms with Gasteiger partial charge in [-0.15, -0.1) is 0 Å². The van der Waals surface area contributed by atoms with E-state index in [1.807, 2.05) is 13.0 Å². The quantitative estimate of drug-likeness (QED) is 0.694. The molecular weight excluding hydrogens is 350 g/mol. The minimum Gasteiger partial charge on any atom is -0.351 e. The van der Waals surface area contributed by atoms with E-state index in [0.29, 0.717) is 18.2 Å². The summed E-state index contributed by atoms with van der Waals surface area (Å²) >= 11 is 0. The number of nitrogens with zero attached hydrogens (tertiary/aromatic N) is 2. The molecule has 28 heavy (non-hydrogen) atoms. The molecule has 1 N–H and O–H groups in total. The molecule has 5 heteroatoms. The standard InChI is InChI=1S/C23H27N3O2/c1-2-12-24-23(27)22-14-21(25-28-22)19-10-6-13-26(16-19)15-18-9-5-8-17-7-3-4-11-20(17)18/h3-5,7-9,11,14,19H,2,6,10,12-13,15-16H2,1H3,(H,24,27)/t19-/m0/s1. The summed E-state index contributed by atoms with van der Waals surface area (Å²) in [4.78, 5) is 14.6. The monoisotopic (exact) mass is 377 g/mol. The third-order valence-electron chi connectivity index (χ3n) is 5.49. The van der Waals surface area contributed by atoms with E-state index < -0.39 is 0 Å². The summed E-state index contributed by atoms with van der Waals surface area (Å²) in [5.41, 5.74) is 2.25. The first-order valence-electron chi connectivity index (χ1n) is 10.2. The van der Waals surface area contributed by atoms with Gasteiger partial charge in [-0.3, -0.25) is 9.69 Å². The van der Waals surface area contributed by atoms with Crippen molar-refractivity contribution in [3.05, 3.63) is 65.5 Å². The van der Waals surface area contributed by atoms with Crippen LogP contribution in [-0.2, 0) is 6.54 Å². The molecule has 1 aliphatic rings. The van der Waals surface area contributed by atoms with Crippen molar-refractivity contribution < 1.29 is 9.32 Å². The minimum atomic E-state index is -0.177. The highest BCUT2D eigenvalue weighted by molar-refractivity contribution is 5.91. The fourth-order valence-electron chi connectivity index (χ4n) is 4.03. The molecule has 0 aliphatic carbocycles. The molecule has 5 nitrogen and oxygen atoms in total. The lowest BCUT2D eigenvalue weighted by molar-refractivity contribution is 0.0916. The van der Waals surface area contributed by atoms with Gasteiger partial charge >= 0.3 is 0 Å². The van der Waals surface area contributed by atoms with E-state index in [4.69, 9.17) is 4.52 Å². The number of carbonyl (C=O) groups is 1. The highest BCUT2D eigenvalue weighted by atomic mass is 16.5. The van der Waals surface area contributed by atoms with Crippen molar-refractivity contribution in [1.29, 1.82) is 0 Å². The van der Waals surface area contributed by atoms with Crippen LogP contribution in [0.5, 0.6) is 0 Å². The molecule has 3 aromatic rings. The minimum absolute atomic E-state index is 0.177. The summed E-state index contributed by atoms with van der Waals surface area (Å²) in [6.07, 6.45) is 3.10. The lowest BCUT2D eigenvalue weighted by Crippen LogP contribution is -2.34. The summed E-state index contributed by atoms with van der Waals surface area (Å²) in [5.74, 6) is 0.443. The maximum atomic E-state index is 12.1. The Kier molecular flexibility index (Phi) is 5.72. The van der Waals surface area contributed by atoms with Crippen LogP contribution in [0.2, 0.25) is 0 Å². The van der Waals surface area contributed by atoms with Crippen molar-refractivity contribution in [2.45, 2.75) is 38.6 Å². The van der Waals surface area contributed by atoms with Gasteiger partial charge in [0.1, 0.15) is 0 Å². The van der Waals surface area contributed by atoms with E-state index in [-0.39, 0.29) is 5.91 Å². The highest BCUT2D eigenvalue weighted by Crippen LogP contribution is 2.29. The van der Waals surface area contributed by atoms with Crippen molar-refractivity contribution in [2.24, 2.45) is 0 Å². The molecule has 4 rings (SSSR count). The van der Waals surface area contributed by atoms with E-state index in [9.17, 15) is 4.79 Å². The van der Waals surface area contributed by atoms with Crippen LogP contribution in [0, 0.1) is 0 Å². The molecule has 0 bridgehead atoms. The van der Waals surface area contributed by atoms with Gasteiger partial charge in [0.25, 0.3) is 5.91 Å². The molecule has 0 spiro atoms. The number of fused-ring (bicyclic) bond motifs is 1. The summed E-state index contributed by atoms with van der Waals surface area (Å²) < 4.78 is 5.31. The molecule has 146 valence electrons. The van der Waals surface area contributed by atoms with Crippen molar-refractivity contribution in [3.63, 3.8) is 0 Å². The highest BCUT2D eigenvalue weighted by Gasteiger charge is 2.25. The number of likely N-dealkylation sites (tertiary alicyclic amines) is 1. The Balaban J connectivity index is 1.45. The predicted molar refractivity (Wildman–Crippen MR) is 110 cm³/mol. The van der Waals surface area contributed by atoms with Gasteiger partial charge in [-0.1, -0.05) is 54.5 Å². The first-order valence-corrected chi connectivity index (χ1v) is 10.2. The fraction of sp³-hybridized carbons (Fsp3) is 0.391. The Morgan fingerprint density at radius 3 is 3.00 bits per heavy atom. The van der Waals surface area contributed by atoms with Gasteiger partial charge in [-0.2, -0.15) is 0 Å². The van der Waals surface area contributed by atoms with E-state index >= 15 is 0 Å². The zero-order valence-corrected chi connectivity index (χ0v) is 16.4. The number of rotatable bonds is 6. The third-order valence-corrected chi connectivity index (χ3v) is 5.49. The average Bonchev–Trinajstić information content (AvgIpc) is 3.23. The van der Waals surface area contributed by atoms with Crippen LogP contribution in [-0.4, -0.2) is 35.6 Å². The molecule has 1 fully saturated rings. The molecular formula is C23H27N3O2. The van der Waals surface area contributed by atoms with Gasteiger partial charge in [-0.05, 0) is 42.1 Å². The molecule has 1 atom stereocenters. The van der Waals surface area contributed by atoms with Crippen LogP contribution in [0.3, 0.4) is 0 Å². The number of nitrogens with one attached hydrogen (secondary N) is 1. The first-order chi connectivity index (χ1) is 13.7. The van der Waals surface area contributed by atoms with Crippen LogP contribution >= 0.6 is 0 Å². The molecule has 1 saturated heterocycles. The lowest BCUT2D eigenvalue weighted by atomic mass is 9.94. The van der Waals surface area contributed by atoms with Crippen molar-refractivity contribution >= 4 is 16.7 Å². The summed E-state index contributed by atoms with van der Waals surface area (Å²) in [7, 11) is 0. The number of piperidine rings is 1. The van der Waals surface area contributed by atoms with Crippen molar-refractivity contribution in [3.8, 4) is 0 Å². The molecule has 0 unspecified atom stereocenters. The number of hydrogen-bond acceptors (Lipinski definition) is 4. The second-order valence-corrected chi connectivity index (χ2v) is 7.58.